The Morgan fingerprint density at radius 1 is 1.05 bits per heavy atom. The van der Waals surface area contributed by atoms with E-state index >= 15 is 0 Å². The summed E-state index contributed by atoms with van der Waals surface area (Å²) in [5, 5.41) is 4.51. The summed E-state index contributed by atoms with van der Waals surface area (Å²) < 4.78 is 5.44. The number of anilines is 1. The van der Waals surface area contributed by atoms with Crippen LogP contribution in [0, 0.1) is 0 Å². The van der Waals surface area contributed by atoms with Crippen LogP contribution in [0.15, 0.2) is 42.5 Å². The van der Waals surface area contributed by atoms with Crippen LogP contribution in [0.25, 0.3) is 0 Å². The third-order valence-corrected chi connectivity index (χ3v) is 3.73. The van der Waals surface area contributed by atoms with E-state index in [-0.39, 0.29) is 6.04 Å². The van der Waals surface area contributed by atoms with E-state index in [1.54, 1.807) is 6.07 Å². The predicted octanol–water partition coefficient (Wildman–Crippen LogP) is 5.57. The molecule has 0 aliphatic carbocycles. The van der Waals surface area contributed by atoms with E-state index in [0.717, 1.165) is 11.4 Å². The van der Waals surface area contributed by atoms with E-state index in [4.69, 9.17) is 27.9 Å². The molecule has 1 N–H and O–H groups in total. The van der Waals surface area contributed by atoms with E-state index in [1.165, 1.54) is 5.56 Å². The summed E-state index contributed by atoms with van der Waals surface area (Å²) in [6.07, 6.45) is 0. The molecule has 0 spiro atoms. The van der Waals surface area contributed by atoms with E-state index in [0.29, 0.717) is 16.7 Å². The van der Waals surface area contributed by atoms with Gasteiger partial charge in [0.15, 0.2) is 0 Å². The average Bonchev–Trinajstić information content (AvgIpc) is 2.44. The first-order valence-electron chi connectivity index (χ1n) is 6.54. The van der Waals surface area contributed by atoms with Crippen molar-refractivity contribution in [3.05, 3.63) is 58.1 Å². The van der Waals surface area contributed by atoms with Gasteiger partial charge in [-0.3, -0.25) is 0 Å². The first kappa shape index (κ1) is 15.0. The quantitative estimate of drug-likeness (QED) is 0.780. The molecule has 0 saturated carbocycles. The van der Waals surface area contributed by atoms with Crippen molar-refractivity contribution >= 4 is 28.9 Å². The molecule has 0 saturated heterocycles. The number of hydrogen-bond donors (Lipinski definition) is 1. The van der Waals surface area contributed by atoms with Gasteiger partial charge in [-0.25, -0.2) is 0 Å². The Morgan fingerprint density at radius 2 is 1.75 bits per heavy atom. The Kier molecular flexibility index (Phi) is 5.16. The number of ether oxygens (including phenoxy) is 1. The Hall–Kier alpha value is -1.38. The van der Waals surface area contributed by atoms with E-state index < -0.39 is 0 Å². The minimum absolute atomic E-state index is 0.169. The number of benzene rings is 2. The lowest BCUT2D eigenvalue weighted by atomic mass is 10.1. The second kappa shape index (κ2) is 6.87. The lowest BCUT2D eigenvalue weighted by Crippen LogP contribution is -2.06. The number of hydrogen-bond acceptors (Lipinski definition) is 2. The molecular weight excluding hydrogens is 293 g/mol. The molecule has 0 aromatic heterocycles. The van der Waals surface area contributed by atoms with Crippen LogP contribution < -0.4 is 10.1 Å². The maximum atomic E-state index is 6.01. The largest absolute Gasteiger partial charge is 0.494 e. The first-order chi connectivity index (χ1) is 9.60. The zero-order valence-electron chi connectivity index (χ0n) is 11.5. The summed E-state index contributed by atoms with van der Waals surface area (Å²) in [4.78, 5) is 0. The molecule has 2 rings (SSSR count). The molecule has 0 amide bonds. The normalized spacial score (nSPS) is 12.0. The number of rotatable bonds is 5. The van der Waals surface area contributed by atoms with Crippen molar-refractivity contribution in [2.45, 2.75) is 19.9 Å². The molecule has 2 aromatic rings. The van der Waals surface area contributed by atoms with Gasteiger partial charge in [-0.1, -0.05) is 35.3 Å². The van der Waals surface area contributed by atoms with Crippen molar-refractivity contribution in [1.29, 1.82) is 0 Å². The molecule has 1 atom stereocenters. The van der Waals surface area contributed by atoms with E-state index in [9.17, 15) is 0 Å². The molecule has 1 unspecified atom stereocenters. The van der Waals surface area contributed by atoms with E-state index in [2.05, 4.69) is 24.4 Å². The molecule has 0 aliphatic rings. The standard InChI is InChI=1S/C16H17Cl2NO/c1-3-20-14-7-4-12(5-8-14)11(2)19-13-6-9-15(17)16(18)10-13/h4-11,19H,3H2,1-2H3. The van der Waals surface area contributed by atoms with Gasteiger partial charge in [0, 0.05) is 11.7 Å². The van der Waals surface area contributed by atoms with Crippen molar-refractivity contribution in [1.82, 2.24) is 0 Å². The van der Waals surface area contributed by atoms with Gasteiger partial charge in [0.05, 0.1) is 16.7 Å². The Balaban J connectivity index is 2.06. The molecule has 106 valence electrons. The number of nitrogens with one attached hydrogen (secondary N) is 1. The lowest BCUT2D eigenvalue weighted by molar-refractivity contribution is 0.340. The molecule has 0 bridgehead atoms. The summed E-state index contributed by atoms with van der Waals surface area (Å²) >= 11 is 11.9. The second-order valence-electron chi connectivity index (χ2n) is 4.50. The van der Waals surface area contributed by atoms with Crippen molar-refractivity contribution < 1.29 is 4.74 Å². The Bertz CT molecular complexity index is 569. The van der Waals surface area contributed by atoms with Crippen LogP contribution in [-0.2, 0) is 0 Å². The third kappa shape index (κ3) is 3.81. The summed E-state index contributed by atoms with van der Waals surface area (Å²) in [7, 11) is 0. The summed E-state index contributed by atoms with van der Waals surface area (Å²) in [5.41, 5.74) is 2.13. The monoisotopic (exact) mass is 309 g/mol. The van der Waals surface area contributed by atoms with Gasteiger partial charge < -0.3 is 10.1 Å². The topological polar surface area (TPSA) is 21.3 Å². The van der Waals surface area contributed by atoms with Crippen LogP contribution >= 0.6 is 23.2 Å². The van der Waals surface area contributed by atoms with Crippen molar-refractivity contribution in [2.75, 3.05) is 11.9 Å². The fraction of sp³-hybridized carbons (Fsp3) is 0.250. The highest BCUT2D eigenvalue weighted by Crippen LogP contribution is 2.27. The maximum absolute atomic E-state index is 6.01. The molecule has 2 aromatic carbocycles. The molecule has 20 heavy (non-hydrogen) atoms. The summed E-state index contributed by atoms with van der Waals surface area (Å²) in [6, 6.07) is 13.8. The van der Waals surface area contributed by atoms with Gasteiger partial charge >= 0.3 is 0 Å². The zero-order valence-corrected chi connectivity index (χ0v) is 13.0. The average molecular weight is 310 g/mol. The van der Waals surface area contributed by atoms with Gasteiger partial charge in [0.25, 0.3) is 0 Å². The highest BCUT2D eigenvalue weighted by Gasteiger charge is 2.07. The highest BCUT2D eigenvalue weighted by atomic mass is 35.5. The van der Waals surface area contributed by atoms with Gasteiger partial charge in [0.2, 0.25) is 0 Å². The SMILES string of the molecule is CCOc1ccc(C(C)Nc2ccc(Cl)c(Cl)c2)cc1. The second-order valence-corrected chi connectivity index (χ2v) is 5.31. The smallest absolute Gasteiger partial charge is 0.119 e. The predicted molar refractivity (Wildman–Crippen MR) is 86.1 cm³/mol. The molecule has 0 radical (unpaired) electrons. The van der Waals surface area contributed by atoms with E-state index in [1.807, 2.05) is 31.2 Å². The lowest BCUT2D eigenvalue weighted by Gasteiger charge is -2.16. The van der Waals surface area contributed by atoms with Gasteiger partial charge in [-0.05, 0) is 49.7 Å². The first-order valence-corrected chi connectivity index (χ1v) is 7.30. The van der Waals surface area contributed by atoms with Crippen LogP contribution in [-0.4, -0.2) is 6.61 Å². The molecule has 2 nitrogen and oxygen atoms in total. The van der Waals surface area contributed by atoms with Crippen molar-refractivity contribution in [3.8, 4) is 5.75 Å². The number of halogens is 2. The van der Waals surface area contributed by atoms with Gasteiger partial charge in [0.1, 0.15) is 5.75 Å². The molecule has 0 aliphatic heterocycles. The molecule has 0 heterocycles. The Morgan fingerprint density at radius 3 is 2.35 bits per heavy atom. The van der Waals surface area contributed by atoms with Crippen LogP contribution in [0.5, 0.6) is 5.75 Å². The molecule has 0 fully saturated rings. The fourth-order valence-electron chi connectivity index (χ4n) is 1.94. The van der Waals surface area contributed by atoms with Crippen molar-refractivity contribution in [2.24, 2.45) is 0 Å². The van der Waals surface area contributed by atoms with Gasteiger partial charge in [-0.15, -0.1) is 0 Å². The third-order valence-electron chi connectivity index (χ3n) is 2.99. The van der Waals surface area contributed by atoms with Gasteiger partial charge in [-0.2, -0.15) is 0 Å². The molecular formula is C16H17Cl2NO. The van der Waals surface area contributed by atoms with Crippen LogP contribution in [0.2, 0.25) is 10.0 Å². The summed E-state index contributed by atoms with van der Waals surface area (Å²) in [6.45, 7) is 4.75. The van der Waals surface area contributed by atoms with Crippen LogP contribution in [0.1, 0.15) is 25.5 Å². The highest BCUT2D eigenvalue weighted by molar-refractivity contribution is 6.42. The Labute approximate surface area is 129 Å². The maximum Gasteiger partial charge on any atom is 0.119 e. The van der Waals surface area contributed by atoms with Crippen LogP contribution in [0.4, 0.5) is 5.69 Å². The minimum atomic E-state index is 0.169. The molecule has 4 heteroatoms. The van der Waals surface area contributed by atoms with Crippen molar-refractivity contribution in [3.63, 3.8) is 0 Å². The fourth-order valence-corrected chi connectivity index (χ4v) is 2.24. The zero-order chi connectivity index (χ0) is 14.5. The summed E-state index contributed by atoms with van der Waals surface area (Å²) in [5.74, 6) is 0.887. The minimum Gasteiger partial charge on any atom is -0.494 e. The van der Waals surface area contributed by atoms with Crippen LogP contribution in [0.3, 0.4) is 0 Å².